The van der Waals surface area contributed by atoms with E-state index in [0.717, 1.165) is 39.4 Å². The molecule has 1 unspecified atom stereocenters. The molecule has 0 fully saturated rings. The van der Waals surface area contributed by atoms with E-state index in [0.29, 0.717) is 5.92 Å². The van der Waals surface area contributed by atoms with Crippen molar-refractivity contribution in [1.29, 1.82) is 0 Å². The van der Waals surface area contributed by atoms with Crippen LogP contribution < -0.4 is 5.32 Å². The van der Waals surface area contributed by atoms with Gasteiger partial charge in [0, 0.05) is 26.2 Å². The summed E-state index contributed by atoms with van der Waals surface area (Å²) in [5.41, 5.74) is 2.77. The standard InChI is InChI=1S/C17H30N2O/c1-5-18-13-15(3)17-9-7-16(8-10-17)14-19(4)11-12-20-6-2/h7-10,15,18H,5-6,11-14H2,1-4H3. The lowest BCUT2D eigenvalue weighted by Gasteiger charge is -2.17. The molecule has 3 heteroatoms. The molecule has 1 atom stereocenters. The van der Waals surface area contributed by atoms with Gasteiger partial charge in [0.05, 0.1) is 6.61 Å². The maximum Gasteiger partial charge on any atom is 0.0593 e. The number of ether oxygens (including phenoxy) is 1. The lowest BCUT2D eigenvalue weighted by molar-refractivity contribution is 0.120. The fourth-order valence-electron chi connectivity index (χ4n) is 2.19. The van der Waals surface area contributed by atoms with E-state index in [-0.39, 0.29) is 0 Å². The molecule has 0 heterocycles. The summed E-state index contributed by atoms with van der Waals surface area (Å²) >= 11 is 0. The minimum absolute atomic E-state index is 0.569. The average Bonchev–Trinajstić information content (AvgIpc) is 2.46. The number of hydrogen-bond donors (Lipinski definition) is 1. The van der Waals surface area contributed by atoms with Crippen molar-refractivity contribution in [2.24, 2.45) is 0 Å². The first-order valence-electron chi connectivity index (χ1n) is 7.73. The van der Waals surface area contributed by atoms with Crippen molar-refractivity contribution in [3.8, 4) is 0 Å². The number of rotatable bonds is 10. The molecular formula is C17H30N2O. The molecule has 114 valence electrons. The summed E-state index contributed by atoms with van der Waals surface area (Å²) in [5.74, 6) is 0.569. The predicted octanol–water partition coefficient (Wildman–Crippen LogP) is 2.87. The summed E-state index contributed by atoms with van der Waals surface area (Å²) in [7, 11) is 2.14. The van der Waals surface area contributed by atoms with E-state index in [2.05, 4.69) is 55.4 Å². The fourth-order valence-corrected chi connectivity index (χ4v) is 2.19. The van der Waals surface area contributed by atoms with Crippen LogP contribution >= 0.6 is 0 Å². The molecule has 0 spiro atoms. The van der Waals surface area contributed by atoms with Gasteiger partial charge in [0.25, 0.3) is 0 Å². The zero-order chi connectivity index (χ0) is 14.8. The van der Waals surface area contributed by atoms with Crippen LogP contribution in [0.25, 0.3) is 0 Å². The molecule has 0 saturated heterocycles. The lowest BCUT2D eigenvalue weighted by atomic mass is 9.99. The molecule has 1 N–H and O–H groups in total. The van der Waals surface area contributed by atoms with E-state index in [1.165, 1.54) is 11.1 Å². The Morgan fingerprint density at radius 1 is 1.20 bits per heavy atom. The van der Waals surface area contributed by atoms with E-state index in [9.17, 15) is 0 Å². The third-order valence-electron chi connectivity index (χ3n) is 3.52. The van der Waals surface area contributed by atoms with Crippen LogP contribution in [0.4, 0.5) is 0 Å². The van der Waals surface area contributed by atoms with Gasteiger partial charge in [0.15, 0.2) is 0 Å². The lowest BCUT2D eigenvalue weighted by Crippen LogP contribution is -2.23. The molecule has 0 amide bonds. The molecule has 0 aliphatic rings. The van der Waals surface area contributed by atoms with Gasteiger partial charge in [-0.2, -0.15) is 0 Å². The minimum Gasteiger partial charge on any atom is -0.380 e. The van der Waals surface area contributed by atoms with Crippen molar-refractivity contribution < 1.29 is 4.74 Å². The maximum atomic E-state index is 5.38. The molecule has 0 saturated carbocycles. The van der Waals surface area contributed by atoms with Gasteiger partial charge in [-0.1, -0.05) is 38.1 Å². The quantitative estimate of drug-likeness (QED) is 0.666. The second-order valence-electron chi connectivity index (χ2n) is 5.39. The zero-order valence-electron chi connectivity index (χ0n) is 13.5. The van der Waals surface area contributed by atoms with Gasteiger partial charge >= 0.3 is 0 Å². The third-order valence-corrected chi connectivity index (χ3v) is 3.52. The van der Waals surface area contributed by atoms with Crippen LogP contribution in [0.5, 0.6) is 0 Å². The molecule has 0 aliphatic heterocycles. The van der Waals surface area contributed by atoms with Crippen molar-refractivity contribution in [1.82, 2.24) is 10.2 Å². The Kier molecular flexibility index (Phi) is 8.51. The van der Waals surface area contributed by atoms with Crippen LogP contribution in [-0.2, 0) is 11.3 Å². The molecule has 0 radical (unpaired) electrons. The number of nitrogens with zero attached hydrogens (tertiary/aromatic N) is 1. The van der Waals surface area contributed by atoms with Gasteiger partial charge in [-0.05, 0) is 37.6 Å². The predicted molar refractivity (Wildman–Crippen MR) is 86.2 cm³/mol. The van der Waals surface area contributed by atoms with E-state index in [1.807, 2.05) is 6.92 Å². The van der Waals surface area contributed by atoms with Crippen LogP contribution in [0.3, 0.4) is 0 Å². The van der Waals surface area contributed by atoms with E-state index in [1.54, 1.807) is 0 Å². The highest BCUT2D eigenvalue weighted by Crippen LogP contribution is 2.15. The second-order valence-corrected chi connectivity index (χ2v) is 5.39. The summed E-state index contributed by atoms with van der Waals surface area (Å²) in [6.07, 6.45) is 0. The number of benzene rings is 1. The van der Waals surface area contributed by atoms with Crippen LogP contribution in [0.2, 0.25) is 0 Å². The first-order valence-corrected chi connectivity index (χ1v) is 7.73. The monoisotopic (exact) mass is 278 g/mol. The van der Waals surface area contributed by atoms with Crippen molar-refractivity contribution in [2.45, 2.75) is 33.2 Å². The molecule has 0 aromatic heterocycles. The molecule has 3 nitrogen and oxygen atoms in total. The van der Waals surface area contributed by atoms with Gasteiger partial charge in [-0.3, -0.25) is 4.90 Å². The summed E-state index contributed by atoms with van der Waals surface area (Å²) < 4.78 is 5.38. The molecule has 1 aromatic carbocycles. The van der Waals surface area contributed by atoms with Crippen LogP contribution in [0, 0.1) is 0 Å². The topological polar surface area (TPSA) is 24.5 Å². The smallest absolute Gasteiger partial charge is 0.0593 e. The van der Waals surface area contributed by atoms with Gasteiger partial charge in [0.1, 0.15) is 0 Å². The number of likely N-dealkylation sites (N-methyl/N-ethyl adjacent to an activating group) is 2. The summed E-state index contributed by atoms with van der Waals surface area (Å²) in [6, 6.07) is 9.01. The van der Waals surface area contributed by atoms with Crippen molar-refractivity contribution in [3.05, 3.63) is 35.4 Å². The Labute approximate surface area is 124 Å². The van der Waals surface area contributed by atoms with Crippen LogP contribution in [-0.4, -0.2) is 44.8 Å². The Bertz CT molecular complexity index is 351. The van der Waals surface area contributed by atoms with Crippen molar-refractivity contribution in [3.63, 3.8) is 0 Å². The number of hydrogen-bond acceptors (Lipinski definition) is 3. The molecule has 1 aromatic rings. The van der Waals surface area contributed by atoms with Crippen LogP contribution in [0.1, 0.15) is 37.8 Å². The summed E-state index contributed by atoms with van der Waals surface area (Å²) in [6.45, 7) is 12.1. The normalized spacial score (nSPS) is 12.8. The molecule has 20 heavy (non-hydrogen) atoms. The van der Waals surface area contributed by atoms with Gasteiger partial charge < -0.3 is 10.1 Å². The largest absolute Gasteiger partial charge is 0.380 e. The van der Waals surface area contributed by atoms with Gasteiger partial charge in [0.2, 0.25) is 0 Å². The molecule has 1 rings (SSSR count). The Morgan fingerprint density at radius 2 is 1.90 bits per heavy atom. The number of nitrogens with one attached hydrogen (secondary N) is 1. The highest BCUT2D eigenvalue weighted by Gasteiger charge is 2.05. The average molecular weight is 278 g/mol. The molecular weight excluding hydrogens is 248 g/mol. The van der Waals surface area contributed by atoms with Crippen molar-refractivity contribution >= 4 is 0 Å². The third kappa shape index (κ3) is 6.51. The van der Waals surface area contributed by atoms with Gasteiger partial charge in [-0.15, -0.1) is 0 Å². The highest BCUT2D eigenvalue weighted by molar-refractivity contribution is 5.25. The highest BCUT2D eigenvalue weighted by atomic mass is 16.5. The Hall–Kier alpha value is -0.900. The second kappa shape index (κ2) is 9.92. The van der Waals surface area contributed by atoms with E-state index < -0.39 is 0 Å². The minimum atomic E-state index is 0.569. The molecule has 0 bridgehead atoms. The first-order chi connectivity index (χ1) is 9.67. The zero-order valence-corrected chi connectivity index (χ0v) is 13.5. The summed E-state index contributed by atoms with van der Waals surface area (Å²) in [4.78, 5) is 2.30. The maximum absolute atomic E-state index is 5.38. The SMILES string of the molecule is CCNCC(C)c1ccc(CN(C)CCOCC)cc1. The fraction of sp³-hybridized carbons (Fsp3) is 0.647. The summed E-state index contributed by atoms with van der Waals surface area (Å²) in [5, 5.41) is 3.40. The van der Waals surface area contributed by atoms with Gasteiger partial charge in [-0.25, -0.2) is 0 Å². The van der Waals surface area contributed by atoms with E-state index >= 15 is 0 Å². The molecule has 0 aliphatic carbocycles. The Morgan fingerprint density at radius 3 is 2.50 bits per heavy atom. The van der Waals surface area contributed by atoms with E-state index in [4.69, 9.17) is 4.74 Å². The first kappa shape index (κ1) is 17.2. The van der Waals surface area contributed by atoms with Crippen LogP contribution in [0.15, 0.2) is 24.3 Å². The van der Waals surface area contributed by atoms with Crippen molar-refractivity contribution in [2.75, 3.05) is 39.9 Å². The Balaban J connectivity index is 2.41.